The minimum atomic E-state index is -1.87. The van der Waals surface area contributed by atoms with Crippen molar-refractivity contribution in [2.45, 2.75) is 43.9 Å². The van der Waals surface area contributed by atoms with Crippen molar-refractivity contribution in [1.82, 2.24) is 0 Å². The standard InChI is InChI=1S/C27H24O11/c1-11-7-14-18(16(29)8-11)20(31)19-15(9-13(28)10-17(19)30)24(14)36-26-22(33)21(32)23(34)27(38-26)37-25(35)12-5-3-2-4-6-12/h2-10,21-24,26-30,32-34H,1H3/t21-,22-,23-,24-,26-,27-/m1/s1. The van der Waals surface area contributed by atoms with Gasteiger partial charge >= 0.3 is 5.97 Å². The van der Waals surface area contributed by atoms with Gasteiger partial charge in [0.1, 0.15) is 41.7 Å². The third kappa shape index (κ3) is 4.36. The Bertz CT molecular complexity index is 1340. The van der Waals surface area contributed by atoms with Crippen LogP contribution < -0.4 is 0 Å². The van der Waals surface area contributed by atoms with E-state index in [-0.39, 0.29) is 33.6 Å². The molecule has 1 fully saturated rings. The minimum absolute atomic E-state index is 0.000702. The van der Waals surface area contributed by atoms with Crippen molar-refractivity contribution in [2.75, 3.05) is 0 Å². The number of hydrogen-bond donors (Lipinski definition) is 6. The molecule has 2 aliphatic rings. The zero-order valence-electron chi connectivity index (χ0n) is 19.9. The van der Waals surface area contributed by atoms with Gasteiger partial charge in [-0.1, -0.05) is 24.3 Å². The van der Waals surface area contributed by atoms with Gasteiger partial charge in [-0.15, -0.1) is 0 Å². The summed E-state index contributed by atoms with van der Waals surface area (Å²) in [6.07, 6.45) is -10.3. The third-order valence-electron chi connectivity index (χ3n) is 6.47. The van der Waals surface area contributed by atoms with Gasteiger partial charge in [0, 0.05) is 17.2 Å². The van der Waals surface area contributed by atoms with Crippen molar-refractivity contribution in [3.05, 3.63) is 88.0 Å². The van der Waals surface area contributed by atoms with Crippen LogP contribution in [0.5, 0.6) is 17.2 Å². The maximum Gasteiger partial charge on any atom is 0.340 e. The second kappa shape index (κ2) is 9.71. The summed E-state index contributed by atoms with van der Waals surface area (Å²) in [5, 5.41) is 62.7. The zero-order chi connectivity index (χ0) is 27.3. The quantitative estimate of drug-likeness (QED) is 0.271. The highest BCUT2D eigenvalue weighted by Gasteiger charge is 2.48. The number of phenolic OH excluding ortho intramolecular Hbond substituents is 3. The number of aromatic hydroxyl groups is 3. The molecule has 1 heterocycles. The summed E-state index contributed by atoms with van der Waals surface area (Å²) in [6, 6.07) is 12.8. The normalized spacial score (nSPS) is 26.4. The first kappa shape index (κ1) is 25.6. The van der Waals surface area contributed by atoms with E-state index in [0.717, 1.165) is 6.07 Å². The molecule has 3 aromatic rings. The molecule has 11 heteroatoms. The Balaban J connectivity index is 1.52. The maximum atomic E-state index is 13.2. The lowest BCUT2D eigenvalue weighted by molar-refractivity contribution is -0.344. The molecule has 0 bridgehead atoms. The van der Waals surface area contributed by atoms with Crippen molar-refractivity contribution in [3.8, 4) is 17.2 Å². The van der Waals surface area contributed by atoms with Crippen molar-refractivity contribution in [1.29, 1.82) is 0 Å². The highest BCUT2D eigenvalue weighted by atomic mass is 16.8. The van der Waals surface area contributed by atoms with Crippen LogP contribution in [0.3, 0.4) is 0 Å². The Labute approximate surface area is 215 Å². The fourth-order valence-electron chi connectivity index (χ4n) is 4.68. The fraction of sp³-hybridized carbons (Fsp3) is 0.259. The van der Waals surface area contributed by atoms with Crippen molar-refractivity contribution in [2.24, 2.45) is 0 Å². The van der Waals surface area contributed by atoms with Gasteiger partial charge in [0.25, 0.3) is 0 Å². The molecule has 0 aromatic heterocycles. The van der Waals surface area contributed by atoms with Crippen molar-refractivity contribution >= 4 is 11.8 Å². The van der Waals surface area contributed by atoms with Gasteiger partial charge in [-0.3, -0.25) is 4.79 Å². The van der Waals surface area contributed by atoms with E-state index >= 15 is 0 Å². The number of rotatable bonds is 4. The molecule has 0 radical (unpaired) electrons. The Kier molecular flexibility index (Phi) is 6.55. The Morgan fingerprint density at radius 3 is 2.11 bits per heavy atom. The molecule has 3 aromatic carbocycles. The second-order valence-corrected chi connectivity index (χ2v) is 9.14. The molecule has 0 saturated carbocycles. The van der Waals surface area contributed by atoms with E-state index in [1.165, 1.54) is 30.3 Å². The molecule has 6 N–H and O–H groups in total. The topological polar surface area (TPSA) is 183 Å². The van der Waals surface area contributed by atoms with E-state index in [4.69, 9.17) is 14.2 Å². The molecular weight excluding hydrogens is 500 g/mol. The second-order valence-electron chi connectivity index (χ2n) is 9.14. The van der Waals surface area contributed by atoms with Crippen LogP contribution in [-0.4, -0.2) is 73.3 Å². The molecule has 11 nitrogen and oxygen atoms in total. The molecule has 0 spiro atoms. The molecule has 38 heavy (non-hydrogen) atoms. The number of carbonyl (C=O) groups excluding carboxylic acids is 2. The van der Waals surface area contributed by atoms with Crippen molar-refractivity contribution in [3.63, 3.8) is 0 Å². The van der Waals surface area contributed by atoms with Crippen LogP contribution in [0.2, 0.25) is 0 Å². The summed E-state index contributed by atoms with van der Waals surface area (Å²) in [6.45, 7) is 1.65. The zero-order valence-corrected chi connectivity index (χ0v) is 19.9. The average Bonchev–Trinajstić information content (AvgIpc) is 2.87. The highest BCUT2D eigenvalue weighted by molar-refractivity contribution is 6.16. The van der Waals surface area contributed by atoms with Gasteiger partial charge in [-0.05, 0) is 36.8 Å². The summed E-state index contributed by atoms with van der Waals surface area (Å²) in [5.74, 6) is -2.93. The fourth-order valence-corrected chi connectivity index (χ4v) is 4.68. The molecule has 198 valence electrons. The predicted octanol–water partition coefficient (Wildman–Crippen LogP) is 1.38. The first-order chi connectivity index (χ1) is 18.1. The molecule has 1 aliphatic heterocycles. The van der Waals surface area contributed by atoms with Crippen LogP contribution in [0, 0.1) is 6.92 Å². The molecule has 5 rings (SSSR count). The number of benzene rings is 3. The van der Waals surface area contributed by atoms with E-state index in [1.54, 1.807) is 25.1 Å². The Morgan fingerprint density at radius 2 is 1.42 bits per heavy atom. The number of phenols is 3. The molecule has 0 amide bonds. The van der Waals surface area contributed by atoms with E-state index in [2.05, 4.69) is 0 Å². The third-order valence-corrected chi connectivity index (χ3v) is 6.47. The largest absolute Gasteiger partial charge is 0.508 e. The van der Waals surface area contributed by atoms with Gasteiger partial charge in [0.05, 0.1) is 16.7 Å². The number of ketones is 1. The van der Waals surface area contributed by atoms with Gasteiger partial charge in [-0.25, -0.2) is 4.79 Å². The number of hydrogen-bond acceptors (Lipinski definition) is 11. The van der Waals surface area contributed by atoms with E-state index in [9.17, 15) is 40.2 Å². The number of esters is 1. The lowest BCUT2D eigenvalue weighted by Crippen LogP contribution is -2.59. The number of aliphatic hydroxyl groups is 3. The number of fused-ring (bicyclic) bond motifs is 2. The van der Waals surface area contributed by atoms with E-state index < -0.39 is 60.2 Å². The Morgan fingerprint density at radius 1 is 0.816 bits per heavy atom. The summed E-state index contributed by atoms with van der Waals surface area (Å²) >= 11 is 0. The number of ether oxygens (including phenoxy) is 3. The lowest BCUT2D eigenvalue weighted by Gasteiger charge is -2.41. The smallest absolute Gasteiger partial charge is 0.340 e. The van der Waals surface area contributed by atoms with Gasteiger partial charge in [-0.2, -0.15) is 0 Å². The van der Waals surface area contributed by atoms with Crippen LogP contribution in [0.25, 0.3) is 0 Å². The molecule has 1 aliphatic carbocycles. The van der Waals surface area contributed by atoms with Crippen LogP contribution in [0.15, 0.2) is 54.6 Å². The van der Waals surface area contributed by atoms with Gasteiger partial charge < -0.3 is 44.8 Å². The highest BCUT2D eigenvalue weighted by Crippen LogP contribution is 2.46. The van der Waals surface area contributed by atoms with Crippen molar-refractivity contribution < 1.29 is 54.4 Å². The van der Waals surface area contributed by atoms with Gasteiger partial charge in [0.15, 0.2) is 6.29 Å². The summed E-state index contributed by atoms with van der Waals surface area (Å²) in [5.41, 5.74) is 0.403. The van der Waals surface area contributed by atoms with Crippen LogP contribution >= 0.6 is 0 Å². The van der Waals surface area contributed by atoms with Gasteiger partial charge in [0.2, 0.25) is 12.1 Å². The number of aliphatic hydroxyl groups excluding tert-OH is 3. The summed E-state index contributed by atoms with van der Waals surface area (Å²) < 4.78 is 16.8. The van der Waals surface area contributed by atoms with E-state index in [1.807, 2.05) is 0 Å². The number of aryl methyl sites for hydroxylation is 1. The lowest BCUT2D eigenvalue weighted by atomic mass is 9.81. The number of carbonyl (C=O) groups is 2. The SMILES string of the molecule is Cc1cc(O)c2c(c1)[C@@H](O[C@@H]1O[C@@H](OC(=O)c3ccccc3)[C@H](O)[C@H](O)[C@H]1O)c1cc(O)cc(O)c1C2=O. The summed E-state index contributed by atoms with van der Waals surface area (Å²) in [7, 11) is 0. The Hall–Kier alpha value is -4.00. The van der Waals surface area contributed by atoms with Crippen LogP contribution in [0.1, 0.15) is 49.1 Å². The molecule has 0 unspecified atom stereocenters. The predicted molar refractivity (Wildman–Crippen MR) is 128 cm³/mol. The summed E-state index contributed by atoms with van der Waals surface area (Å²) in [4.78, 5) is 25.7. The van der Waals surface area contributed by atoms with E-state index in [0.29, 0.717) is 5.56 Å². The monoisotopic (exact) mass is 524 g/mol. The maximum absolute atomic E-state index is 13.2. The van der Waals surface area contributed by atoms with Crippen LogP contribution in [0.4, 0.5) is 0 Å². The molecule has 6 atom stereocenters. The first-order valence-electron chi connectivity index (χ1n) is 11.6. The van der Waals surface area contributed by atoms with Crippen LogP contribution in [-0.2, 0) is 14.2 Å². The average molecular weight is 524 g/mol. The first-order valence-corrected chi connectivity index (χ1v) is 11.6. The molecular formula is C27H24O11. The minimum Gasteiger partial charge on any atom is -0.508 e. The molecule has 1 saturated heterocycles.